The molecule has 14 atom stereocenters. The second-order valence-electron chi connectivity index (χ2n) is 23.0. The first kappa shape index (κ1) is 46.7. The molecule has 71 heavy (non-hydrogen) atoms. The molecule has 5 fully saturated rings. The van der Waals surface area contributed by atoms with E-state index in [2.05, 4.69) is 76.1 Å². The number of phenols is 1. The number of carbonyl (C=O) groups excluding carboxylic acids is 2. The smallest absolute Gasteiger partial charge is 0.160 e. The van der Waals surface area contributed by atoms with Gasteiger partial charge in [-0.05, 0) is 168 Å². The van der Waals surface area contributed by atoms with E-state index in [-0.39, 0.29) is 65.8 Å². The van der Waals surface area contributed by atoms with Crippen LogP contribution in [0.15, 0.2) is 90.4 Å². The average Bonchev–Trinajstić information content (AvgIpc) is 4.09. The standard InChI is InChI=1S/C60H70N4O7/c1-71-52-24-36-10-11-53(69)60(18-12-37(43(36)31-51(52)68)23-49(66)50(67)30-42(38-14-20-62-55(61)26-38)35-9-8-33-6-2-3-7-34(33)22-35)19-13-39(25-54(60)70)46-29-45-56-47(59(46)16-4-5-17-59)32-64-48-28-40(65)27-44(57(48)56)41-15-21-63-58(41)45/h2-3,6-9,14-15,21-22,24,26,31,37,39,42,44-50,54,56-57,62-64,66-68,70H,4-5,10-11,13,16-17,19-20,23,25,27-30,32,61H2,1H3/t37-,39+,42-,44+,45-,46-,47+,48-,49-,50+,54+,56+,57-,60+/m0/s1. The maximum Gasteiger partial charge on any atom is 0.160 e. The van der Waals surface area contributed by atoms with Crippen molar-refractivity contribution in [2.24, 2.45) is 46.2 Å². The number of aromatic nitrogens is 1. The van der Waals surface area contributed by atoms with Gasteiger partial charge in [0.2, 0.25) is 0 Å². The highest BCUT2D eigenvalue weighted by atomic mass is 16.5. The van der Waals surface area contributed by atoms with Gasteiger partial charge in [0.15, 0.2) is 17.3 Å². The van der Waals surface area contributed by atoms with E-state index >= 15 is 0 Å². The number of nitrogens with one attached hydrogen (secondary N) is 3. The lowest BCUT2D eigenvalue weighted by atomic mass is 9.41. The molecule has 372 valence electrons. The minimum absolute atomic E-state index is 0.0408. The van der Waals surface area contributed by atoms with Gasteiger partial charge in [-0.3, -0.25) is 9.59 Å². The summed E-state index contributed by atoms with van der Waals surface area (Å²) in [6.45, 7) is 1.49. The molecule has 1 saturated heterocycles. The summed E-state index contributed by atoms with van der Waals surface area (Å²) < 4.78 is 5.56. The number of nitrogens with two attached hydrogens (primary N) is 1. The van der Waals surface area contributed by atoms with Gasteiger partial charge in [0.1, 0.15) is 11.2 Å². The van der Waals surface area contributed by atoms with Gasteiger partial charge in [0.05, 0.1) is 31.2 Å². The van der Waals surface area contributed by atoms with E-state index in [1.54, 1.807) is 12.1 Å². The summed E-state index contributed by atoms with van der Waals surface area (Å²) in [7, 11) is 1.50. The number of ketones is 2. The molecule has 0 bridgehead atoms. The van der Waals surface area contributed by atoms with Crippen molar-refractivity contribution in [1.82, 2.24) is 15.6 Å². The van der Waals surface area contributed by atoms with Crippen LogP contribution >= 0.6 is 0 Å². The van der Waals surface area contributed by atoms with Crippen molar-refractivity contribution >= 4 is 22.3 Å². The number of methoxy groups -OCH3 is 1. The fourth-order valence-corrected chi connectivity index (χ4v) is 16.6. The van der Waals surface area contributed by atoms with Crippen LogP contribution in [0.1, 0.15) is 135 Å². The number of aromatic hydroxyl groups is 1. The second kappa shape index (κ2) is 18.3. The number of hydrogen-bond donors (Lipinski definition) is 8. The molecule has 2 spiro atoms. The highest BCUT2D eigenvalue weighted by Gasteiger charge is 2.65. The molecule has 2 aliphatic heterocycles. The number of fused-ring (bicyclic) bond motifs is 6. The van der Waals surface area contributed by atoms with Gasteiger partial charge in [-0.1, -0.05) is 73.2 Å². The highest BCUT2D eigenvalue weighted by molar-refractivity contribution is 5.89. The number of Topliss-reactive ketones (excluding diaryl/α,β-unsaturated/α-hetero) is 2. The van der Waals surface area contributed by atoms with E-state index in [9.17, 15) is 30.0 Å². The largest absolute Gasteiger partial charge is 0.504 e. The Kier molecular flexibility index (Phi) is 12.0. The molecule has 11 nitrogen and oxygen atoms in total. The Morgan fingerprint density at radius 2 is 1.73 bits per heavy atom. The molecule has 4 saturated carbocycles. The molecule has 9 N–H and O–H groups in total. The van der Waals surface area contributed by atoms with Gasteiger partial charge in [0.25, 0.3) is 0 Å². The molecular formula is C60H70N4O7. The monoisotopic (exact) mass is 959 g/mol. The summed E-state index contributed by atoms with van der Waals surface area (Å²) in [6.07, 6.45) is 12.3. The summed E-state index contributed by atoms with van der Waals surface area (Å²) in [4.78, 5) is 31.8. The molecular weight excluding hydrogens is 889 g/mol. The molecule has 0 amide bonds. The Morgan fingerprint density at radius 3 is 2.54 bits per heavy atom. The molecule has 6 aliphatic carbocycles. The van der Waals surface area contributed by atoms with Crippen LogP contribution in [0, 0.1) is 52.3 Å². The van der Waals surface area contributed by atoms with Crippen molar-refractivity contribution in [2.45, 2.75) is 138 Å². The van der Waals surface area contributed by atoms with Crippen LogP contribution in [0.25, 0.3) is 10.8 Å². The predicted molar refractivity (Wildman–Crippen MR) is 272 cm³/mol. The fraction of sp³-hybridized carbons (Fsp3) is 0.533. The average molecular weight is 959 g/mol. The number of phenolic OH excluding ortho intramolecular Hbond substituents is 1. The number of aromatic amines is 1. The summed E-state index contributed by atoms with van der Waals surface area (Å²) in [5.74, 6) is 9.78. The zero-order chi connectivity index (χ0) is 48.8. The minimum atomic E-state index is -1.29. The van der Waals surface area contributed by atoms with Crippen LogP contribution in [-0.4, -0.2) is 81.5 Å². The van der Waals surface area contributed by atoms with Crippen LogP contribution in [0.5, 0.6) is 11.5 Å². The van der Waals surface area contributed by atoms with Crippen molar-refractivity contribution in [2.75, 3.05) is 20.2 Å². The molecule has 0 unspecified atom stereocenters. The second-order valence-corrected chi connectivity index (χ2v) is 23.0. The topological polar surface area (TPSA) is 190 Å². The summed E-state index contributed by atoms with van der Waals surface area (Å²) in [6, 6.07) is 20.4. The Hall–Kier alpha value is -5.38. The third-order valence-corrected chi connectivity index (χ3v) is 19.8. The van der Waals surface area contributed by atoms with Crippen molar-refractivity contribution in [3.63, 3.8) is 0 Å². The number of aliphatic hydroxyl groups is 3. The van der Waals surface area contributed by atoms with E-state index in [4.69, 9.17) is 10.5 Å². The first-order valence-corrected chi connectivity index (χ1v) is 26.8. The Bertz CT molecular complexity index is 2870. The molecule has 3 heterocycles. The van der Waals surface area contributed by atoms with E-state index in [0.717, 1.165) is 46.9 Å². The Balaban J connectivity index is 0.845. The number of dihydropyridines is 1. The Morgan fingerprint density at radius 1 is 0.901 bits per heavy atom. The van der Waals surface area contributed by atoms with Gasteiger partial charge < -0.3 is 46.5 Å². The van der Waals surface area contributed by atoms with E-state index < -0.39 is 29.6 Å². The fourth-order valence-electron chi connectivity index (χ4n) is 16.6. The van der Waals surface area contributed by atoms with Gasteiger partial charge in [-0.2, -0.15) is 0 Å². The summed E-state index contributed by atoms with van der Waals surface area (Å²) >= 11 is 0. The van der Waals surface area contributed by atoms with Gasteiger partial charge >= 0.3 is 0 Å². The minimum Gasteiger partial charge on any atom is -0.504 e. The number of H-pyrrole nitrogens is 1. The van der Waals surface area contributed by atoms with E-state index in [1.807, 2.05) is 18.2 Å². The van der Waals surface area contributed by atoms with Crippen LogP contribution < -0.4 is 21.1 Å². The highest BCUT2D eigenvalue weighted by Crippen LogP contribution is 2.70. The number of benzene rings is 3. The van der Waals surface area contributed by atoms with Crippen LogP contribution in [0.2, 0.25) is 0 Å². The van der Waals surface area contributed by atoms with Crippen LogP contribution in [0.3, 0.4) is 0 Å². The lowest BCUT2D eigenvalue weighted by Crippen LogP contribution is -2.65. The molecule has 0 radical (unpaired) electrons. The lowest BCUT2D eigenvalue weighted by molar-refractivity contribution is -0.145. The molecule has 1 aromatic heterocycles. The number of rotatable bonds is 9. The zero-order valence-corrected chi connectivity index (χ0v) is 40.9. The summed E-state index contributed by atoms with van der Waals surface area (Å²) in [5.41, 5.74) is 11.2. The third-order valence-electron chi connectivity index (χ3n) is 19.8. The van der Waals surface area contributed by atoms with Gasteiger partial charge in [-0.25, -0.2) is 0 Å². The number of piperidine rings is 1. The zero-order valence-electron chi connectivity index (χ0n) is 40.9. The van der Waals surface area contributed by atoms with Crippen molar-refractivity contribution in [3.05, 3.63) is 118 Å². The lowest BCUT2D eigenvalue weighted by Gasteiger charge is -2.65. The molecule has 11 heteroatoms. The molecule has 4 aromatic rings. The Labute approximate surface area is 417 Å². The van der Waals surface area contributed by atoms with Gasteiger partial charge in [0, 0.05) is 61.5 Å². The first-order chi connectivity index (χ1) is 34.4. The van der Waals surface area contributed by atoms with Gasteiger partial charge in [-0.15, -0.1) is 0 Å². The molecule has 3 aromatic carbocycles. The maximum atomic E-state index is 14.9. The quantitative estimate of drug-likeness (QED) is 0.0767. The summed E-state index contributed by atoms with van der Waals surface area (Å²) in [5, 5.41) is 57.5. The maximum absolute atomic E-state index is 14.9. The predicted octanol–water partition coefficient (Wildman–Crippen LogP) is 7.89. The third kappa shape index (κ3) is 7.85. The number of aliphatic hydroxyl groups excluding tert-OH is 3. The van der Waals surface area contributed by atoms with Crippen LogP contribution in [-0.2, 0) is 16.0 Å². The number of allylic oxidation sites excluding steroid dienone is 2. The van der Waals surface area contributed by atoms with Crippen molar-refractivity contribution in [3.8, 4) is 23.3 Å². The van der Waals surface area contributed by atoms with E-state index in [0.29, 0.717) is 85.4 Å². The van der Waals surface area contributed by atoms with E-state index in [1.165, 1.54) is 44.1 Å². The van der Waals surface area contributed by atoms with Crippen molar-refractivity contribution in [1.29, 1.82) is 0 Å². The first-order valence-electron chi connectivity index (χ1n) is 26.8. The normalized spacial score (nSPS) is 33.9. The van der Waals surface area contributed by atoms with Crippen LogP contribution in [0.4, 0.5) is 0 Å². The molecule has 12 rings (SSSR count). The number of hydrogen-bond acceptors (Lipinski definition) is 10. The molecule has 8 aliphatic rings. The number of aryl methyl sites for hydroxylation is 1. The number of carbonyl (C=O) groups is 2. The number of ether oxygens (including phenoxy) is 1. The van der Waals surface area contributed by atoms with Crippen molar-refractivity contribution < 1.29 is 34.8 Å². The SMILES string of the molecule is COc1cc2c(cc1O)[C@H](C[C@H](O)[C@H](O)C[C@H](C1=CCNC(N)=C1)c1ccc3ccccc3c1)C#C[C@@]1(CC[C@@H]([C@@H]3C[C@@H]4c5[nH]ccc5[C@H]5CC(=O)C[C@@H]6NC[C@H]([C@@H]4[C@H]65)C34CCCC4)C[C@H]1O)C(=O)CC2.